The van der Waals surface area contributed by atoms with Crippen molar-refractivity contribution in [3.63, 3.8) is 0 Å². The Balaban J connectivity index is 2.69. The summed E-state index contributed by atoms with van der Waals surface area (Å²) < 4.78 is 0. The Bertz CT molecular complexity index is 185. The second-order valence-electron chi connectivity index (χ2n) is 2.74. The molecule has 54 valence electrons. The van der Waals surface area contributed by atoms with Gasteiger partial charge in [-0.25, -0.2) is 0 Å². The second kappa shape index (κ2) is 3.35. The molecule has 1 rings (SSSR count). The smallest absolute Gasteiger partial charge is 0.0266 e. The maximum atomic E-state index is 4.05. The molecule has 1 aliphatic rings. The summed E-state index contributed by atoms with van der Waals surface area (Å²) in [5.41, 5.74) is 1.39. The maximum Gasteiger partial charge on any atom is 0.0266 e. The SMILES string of the molecule is CC(C)C1=CCC=NC=C1. The molecular formula is C9H13N. The van der Waals surface area contributed by atoms with E-state index in [4.69, 9.17) is 0 Å². The van der Waals surface area contributed by atoms with Gasteiger partial charge in [0, 0.05) is 18.8 Å². The van der Waals surface area contributed by atoms with Crippen molar-refractivity contribution < 1.29 is 0 Å². The molecule has 10 heavy (non-hydrogen) atoms. The molecule has 0 saturated heterocycles. The largest absolute Gasteiger partial charge is 0.269 e. The number of allylic oxidation sites excluding steroid dienone is 3. The highest BCUT2D eigenvalue weighted by Gasteiger charge is 1.98. The summed E-state index contributed by atoms with van der Waals surface area (Å²) in [6, 6.07) is 0. The Morgan fingerprint density at radius 1 is 1.50 bits per heavy atom. The summed E-state index contributed by atoms with van der Waals surface area (Å²) in [6.07, 6.45) is 9.05. The number of hydrogen-bond acceptors (Lipinski definition) is 1. The van der Waals surface area contributed by atoms with Crippen LogP contribution in [0, 0.1) is 5.92 Å². The van der Waals surface area contributed by atoms with Crippen molar-refractivity contribution in [2.24, 2.45) is 10.9 Å². The van der Waals surface area contributed by atoms with Crippen LogP contribution in [0.1, 0.15) is 20.3 Å². The predicted octanol–water partition coefficient (Wildman–Crippen LogP) is 2.56. The maximum absolute atomic E-state index is 4.05. The standard InChI is InChI=1S/C9H13N/c1-8(2)9-4-3-6-10-7-5-9/h4-8H,3H2,1-2H3. The summed E-state index contributed by atoms with van der Waals surface area (Å²) in [5, 5.41) is 0. The minimum absolute atomic E-state index is 0.623. The van der Waals surface area contributed by atoms with Gasteiger partial charge in [-0.05, 0) is 17.6 Å². The fourth-order valence-corrected chi connectivity index (χ4v) is 0.936. The van der Waals surface area contributed by atoms with Gasteiger partial charge in [0.2, 0.25) is 0 Å². The average Bonchev–Trinajstić information content (AvgIpc) is 2.12. The van der Waals surface area contributed by atoms with Gasteiger partial charge >= 0.3 is 0 Å². The van der Waals surface area contributed by atoms with Crippen molar-refractivity contribution in [2.45, 2.75) is 20.3 Å². The number of hydrogen-bond donors (Lipinski definition) is 0. The molecule has 0 spiro atoms. The molecule has 0 atom stereocenters. The van der Waals surface area contributed by atoms with Crippen molar-refractivity contribution in [3.05, 3.63) is 23.9 Å². The molecular weight excluding hydrogens is 122 g/mol. The zero-order chi connectivity index (χ0) is 7.40. The minimum Gasteiger partial charge on any atom is -0.269 e. The highest BCUT2D eigenvalue weighted by atomic mass is 14.7. The topological polar surface area (TPSA) is 12.4 Å². The van der Waals surface area contributed by atoms with Gasteiger partial charge in [0.25, 0.3) is 0 Å². The van der Waals surface area contributed by atoms with Crippen LogP contribution in [-0.4, -0.2) is 6.21 Å². The molecule has 0 amide bonds. The molecule has 0 aromatic heterocycles. The molecule has 0 saturated carbocycles. The fraction of sp³-hybridized carbons (Fsp3) is 0.444. The van der Waals surface area contributed by atoms with Crippen LogP contribution in [0.3, 0.4) is 0 Å². The number of rotatable bonds is 1. The third kappa shape index (κ3) is 1.83. The van der Waals surface area contributed by atoms with Gasteiger partial charge in [-0.1, -0.05) is 19.9 Å². The van der Waals surface area contributed by atoms with Gasteiger partial charge in [0.1, 0.15) is 0 Å². The van der Waals surface area contributed by atoms with Crippen LogP contribution in [0.15, 0.2) is 28.9 Å². The van der Waals surface area contributed by atoms with Crippen molar-refractivity contribution in [3.8, 4) is 0 Å². The first-order valence-electron chi connectivity index (χ1n) is 3.69. The molecule has 1 heterocycles. The molecule has 0 fully saturated rings. The van der Waals surface area contributed by atoms with Crippen LogP contribution >= 0.6 is 0 Å². The molecule has 0 unspecified atom stereocenters. The quantitative estimate of drug-likeness (QED) is 0.524. The first-order chi connectivity index (χ1) is 4.80. The van der Waals surface area contributed by atoms with Gasteiger partial charge in [-0.2, -0.15) is 0 Å². The molecule has 0 N–H and O–H groups in total. The van der Waals surface area contributed by atoms with E-state index in [9.17, 15) is 0 Å². The summed E-state index contributed by atoms with van der Waals surface area (Å²) in [5.74, 6) is 0.623. The van der Waals surface area contributed by atoms with Crippen LogP contribution in [-0.2, 0) is 0 Å². The van der Waals surface area contributed by atoms with Crippen LogP contribution < -0.4 is 0 Å². The van der Waals surface area contributed by atoms with Gasteiger partial charge in [0.05, 0.1) is 0 Å². The second-order valence-corrected chi connectivity index (χ2v) is 2.74. The number of aliphatic imine (C=N–C) groups is 1. The monoisotopic (exact) mass is 135 g/mol. The van der Waals surface area contributed by atoms with E-state index in [1.165, 1.54) is 5.57 Å². The van der Waals surface area contributed by atoms with Crippen LogP contribution in [0.4, 0.5) is 0 Å². The van der Waals surface area contributed by atoms with E-state index >= 15 is 0 Å². The van der Waals surface area contributed by atoms with E-state index in [1.807, 2.05) is 12.4 Å². The van der Waals surface area contributed by atoms with Gasteiger partial charge in [0.15, 0.2) is 0 Å². The first kappa shape index (κ1) is 7.26. The van der Waals surface area contributed by atoms with Crippen molar-refractivity contribution in [2.75, 3.05) is 0 Å². The summed E-state index contributed by atoms with van der Waals surface area (Å²) in [4.78, 5) is 4.05. The Hall–Kier alpha value is -0.850. The van der Waals surface area contributed by atoms with Crippen LogP contribution in [0.25, 0.3) is 0 Å². The lowest BCUT2D eigenvalue weighted by molar-refractivity contribution is 0.788. The third-order valence-corrected chi connectivity index (χ3v) is 1.58. The van der Waals surface area contributed by atoms with Gasteiger partial charge in [-0.3, -0.25) is 4.99 Å². The molecule has 1 aliphatic heterocycles. The van der Waals surface area contributed by atoms with E-state index in [0.29, 0.717) is 5.92 Å². The Morgan fingerprint density at radius 2 is 2.30 bits per heavy atom. The Morgan fingerprint density at radius 3 is 3.00 bits per heavy atom. The van der Waals surface area contributed by atoms with E-state index in [-0.39, 0.29) is 0 Å². The lowest BCUT2D eigenvalue weighted by Crippen LogP contribution is -1.89. The molecule has 1 nitrogen and oxygen atoms in total. The number of nitrogens with zero attached hydrogens (tertiary/aromatic N) is 1. The fourth-order valence-electron chi connectivity index (χ4n) is 0.936. The molecule has 0 aromatic rings. The lowest BCUT2D eigenvalue weighted by atomic mass is 10.0. The van der Waals surface area contributed by atoms with E-state index < -0.39 is 0 Å². The van der Waals surface area contributed by atoms with E-state index in [0.717, 1.165) is 6.42 Å². The Kier molecular flexibility index (Phi) is 2.43. The Labute approximate surface area is 62.2 Å². The molecule has 0 bridgehead atoms. The lowest BCUT2D eigenvalue weighted by Gasteiger charge is -2.02. The van der Waals surface area contributed by atoms with Gasteiger partial charge in [-0.15, -0.1) is 0 Å². The van der Waals surface area contributed by atoms with Gasteiger partial charge < -0.3 is 0 Å². The van der Waals surface area contributed by atoms with Crippen molar-refractivity contribution >= 4 is 6.21 Å². The van der Waals surface area contributed by atoms with E-state index in [2.05, 4.69) is 31.0 Å². The van der Waals surface area contributed by atoms with Crippen LogP contribution in [0.2, 0.25) is 0 Å². The summed E-state index contributed by atoms with van der Waals surface area (Å²) in [7, 11) is 0. The van der Waals surface area contributed by atoms with Crippen molar-refractivity contribution in [1.82, 2.24) is 0 Å². The van der Waals surface area contributed by atoms with Crippen molar-refractivity contribution in [1.29, 1.82) is 0 Å². The molecule has 0 aliphatic carbocycles. The summed E-state index contributed by atoms with van der Waals surface area (Å²) >= 11 is 0. The minimum atomic E-state index is 0.623. The third-order valence-electron chi connectivity index (χ3n) is 1.58. The molecule has 1 heteroatoms. The average molecular weight is 135 g/mol. The zero-order valence-corrected chi connectivity index (χ0v) is 6.54. The van der Waals surface area contributed by atoms with E-state index in [1.54, 1.807) is 0 Å². The highest BCUT2D eigenvalue weighted by Crippen LogP contribution is 2.12. The first-order valence-corrected chi connectivity index (χ1v) is 3.69. The zero-order valence-electron chi connectivity index (χ0n) is 6.54. The molecule has 0 radical (unpaired) electrons. The molecule has 0 aromatic carbocycles. The summed E-state index contributed by atoms with van der Waals surface area (Å²) in [6.45, 7) is 4.39. The normalized spacial score (nSPS) is 17.3. The predicted molar refractivity (Wildman–Crippen MR) is 45.2 cm³/mol. The highest BCUT2D eigenvalue weighted by molar-refractivity contribution is 5.61. The van der Waals surface area contributed by atoms with Crippen LogP contribution in [0.5, 0.6) is 0 Å².